The molecule has 1 saturated carbocycles. The van der Waals surface area contributed by atoms with Crippen LogP contribution in [-0.2, 0) is 4.79 Å². The lowest BCUT2D eigenvalue weighted by Crippen LogP contribution is -2.55. The number of hydrogen-bond donors (Lipinski definition) is 2. The quantitative estimate of drug-likeness (QED) is 0.898. The molecule has 0 aliphatic heterocycles. The molecule has 1 aromatic rings. The number of nitrogens with one attached hydrogen (secondary N) is 1. The number of benzene rings is 1. The number of carbonyl (C=O) groups excluding carboxylic acids is 1. The number of rotatable bonds is 3. The summed E-state index contributed by atoms with van der Waals surface area (Å²) >= 11 is 0. The number of carboxylic acids is 1. The Morgan fingerprint density at radius 1 is 1.05 bits per heavy atom. The summed E-state index contributed by atoms with van der Waals surface area (Å²) in [7, 11) is 0. The summed E-state index contributed by atoms with van der Waals surface area (Å²) in [4.78, 5) is 24.3. The van der Waals surface area contributed by atoms with Gasteiger partial charge in [-0.3, -0.25) is 4.79 Å². The Morgan fingerprint density at radius 3 is 2.05 bits per heavy atom. The minimum Gasteiger partial charge on any atom is -0.480 e. The number of aliphatic carboxylic acids is 1. The molecule has 1 aromatic carbocycles. The second kappa shape index (κ2) is 5.88. The van der Waals surface area contributed by atoms with Crippen molar-refractivity contribution in [2.75, 3.05) is 0 Å². The third-order valence-corrected chi connectivity index (χ3v) is 4.37. The Balaban J connectivity index is 2.30. The fraction of sp³-hybridized carbons (Fsp3) is 0.529. The predicted molar refractivity (Wildman–Crippen MR) is 81.6 cm³/mol. The molecule has 4 nitrogen and oxygen atoms in total. The fourth-order valence-corrected chi connectivity index (χ4v) is 3.37. The van der Waals surface area contributed by atoms with Gasteiger partial charge < -0.3 is 10.4 Å². The van der Waals surface area contributed by atoms with Crippen LogP contribution >= 0.6 is 0 Å². The Kier molecular flexibility index (Phi) is 4.35. The summed E-state index contributed by atoms with van der Waals surface area (Å²) in [5, 5.41) is 12.4. The summed E-state index contributed by atoms with van der Waals surface area (Å²) in [5.74, 6) is -1.19. The van der Waals surface area contributed by atoms with Gasteiger partial charge in [-0.05, 0) is 44.7 Å². The van der Waals surface area contributed by atoms with Gasteiger partial charge in [0.1, 0.15) is 5.54 Å². The molecule has 1 aliphatic carbocycles. The van der Waals surface area contributed by atoms with Crippen LogP contribution in [0.4, 0.5) is 0 Å². The zero-order valence-electron chi connectivity index (χ0n) is 13.0. The molecule has 2 N–H and O–H groups in total. The molecule has 0 spiro atoms. The third-order valence-electron chi connectivity index (χ3n) is 4.37. The first-order valence-corrected chi connectivity index (χ1v) is 7.49. The van der Waals surface area contributed by atoms with Gasteiger partial charge in [-0.2, -0.15) is 0 Å². The van der Waals surface area contributed by atoms with E-state index in [1.54, 1.807) is 0 Å². The molecule has 21 heavy (non-hydrogen) atoms. The van der Waals surface area contributed by atoms with Crippen molar-refractivity contribution in [2.45, 2.75) is 58.4 Å². The van der Waals surface area contributed by atoms with Crippen LogP contribution < -0.4 is 5.32 Å². The first kappa shape index (κ1) is 15.5. The molecule has 4 heteroatoms. The smallest absolute Gasteiger partial charge is 0.329 e. The van der Waals surface area contributed by atoms with Crippen LogP contribution in [-0.4, -0.2) is 22.5 Å². The topological polar surface area (TPSA) is 66.4 Å². The maximum absolute atomic E-state index is 12.6. The van der Waals surface area contributed by atoms with E-state index < -0.39 is 11.5 Å². The van der Waals surface area contributed by atoms with Crippen LogP contribution in [0, 0.1) is 20.8 Å². The van der Waals surface area contributed by atoms with E-state index in [1.165, 1.54) is 0 Å². The summed E-state index contributed by atoms with van der Waals surface area (Å²) in [6, 6.07) is 3.91. The second-order valence-corrected chi connectivity index (χ2v) is 6.18. The van der Waals surface area contributed by atoms with Crippen LogP contribution in [0.5, 0.6) is 0 Å². The highest BCUT2D eigenvalue weighted by Crippen LogP contribution is 2.29. The third kappa shape index (κ3) is 3.09. The number of aryl methyl sites for hydroxylation is 3. The fourth-order valence-electron chi connectivity index (χ4n) is 3.37. The predicted octanol–water partition coefficient (Wildman–Crippen LogP) is 3.13. The van der Waals surface area contributed by atoms with Crippen molar-refractivity contribution in [1.29, 1.82) is 0 Å². The Labute approximate surface area is 125 Å². The van der Waals surface area contributed by atoms with E-state index >= 15 is 0 Å². The molecule has 0 radical (unpaired) electrons. The maximum atomic E-state index is 12.6. The molecule has 1 fully saturated rings. The molecule has 0 unspecified atom stereocenters. The zero-order chi connectivity index (χ0) is 15.6. The van der Waals surface area contributed by atoms with Crippen LogP contribution in [0.2, 0.25) is 0 Å². The molecule has 0 saturated heterocycles. The van der Waals surface area contributed by atoms with E-state index in [1.807, 2.05) is 32.9 Å². The van der Waals surface area contributed by atoms with Crippen LogP contribution in [0.1, 0.15) is 59.2 Å². The van der Waals surface area contributed by atoms with Crippen LogP contribution in [0.25, 0.3) is 0 Å². The van der Waals surface area contributed by atoms with Gasteiger partial charge in [0.15, 0.2) is 0 Å². The molecular formula is C17H23NO3. The van der Waals surface area contributed by atoms with Crippen molar-refractivity contribution < 1.29 is 14.7 Å². The van der Waals surface area contributed by atoms with Crippen molar-refractivity contribution in [3.63, 3.8) is 0 Å². The molecule has 2 rings (SSSR count). The number of amides is 1. The molecule has 0 heterocycles. The lowest BCUT2D eigenvalue weighted by atomic mass is 9.81. The Hall–Kier alpha value is -1.84. The normalized spacial score (nSPS) is 17.3. The first-order chi connectivity index (χ1) is 9.85. The molecule has 0 atom stereocenters. The van der Waals surface area contributed by atoms with Crippen molar-refractivity contribution >= 4 is 11.9 Å². The standard InChI is InChI=1S/C17H23NO3/c1-11-9-12(2)14(13(3)10-11)15(19)18-17(16(20)21)7-5-4-6-8-17/h9-10H,4-8H2,1-3H3,(H,18,19)(H,20,21). The van der Waals surface area contributed by atoms with E-state index in [4.69, 9.17) is 0 Å². The lowest BCUT2D eigenvalue weighted by molar-refractivity contribution is -0.145. The molecule has 1 amide bonds. The molecular weight excluding hydrogens is 266 g/mol. The average Bonchev–Trinajstić information content (AvgIpc) is 2.38. The highest BCUT2D eigenvalue weighted by molar-refractivity contribution is 6.00. The molecule has 0 aromatic heterocycles. The van der Waals surface area contributed by atoms with Crippen LogP contribution in [0.3, 0.4) is 0 Å². The highest BCUT2D eigenvalue weighted by atomic mass is 16.4. The molecule has 114 valence electrons. The van der Waals surface area contributed by atoms with Gasteiger partial charge in [0.2, 0.25) is 0 Å². The minimum absolute atomic E-state index is 0.269. The lowest BCUT2D eigenvalue weighted by Gasteiger charge is -2.34. The van der Waals surface area contributed by atoms with E-state index in [0.29, 0.717) is 18.4 Å². The van der Waals surface area contributed by atoms with Crippen molar-refractivity contribution in [2.24, 2.45) is 0 Å². The number of hydrogen-bond acceptors (Lipinski definition) is 2. The number of carbonyl (C=O) groups is 2. The van der Waals surface area contributed by atoms with E-state index in [-0.39, 0.29) is 5.91 Å². The summed E-state index contributed by atoms with van der Waals surface area (Å²) < 4.78 is 0. The Bertz CT molecular complexity index is 548. The van der Waals surface area contributed by atoms with Gasteiger partial charge >= 0.3 is 5.97 Å². The van der Waals surface area contributed by atoms with E-state index in [9.17, 15) is 14.7 Å². The van der Waals surface area contributed by atoms with Gasteiger partial charge in [-0.15, -0.1) is 0 Å². The minimum atomic E-state index is -1.10. The largest absolute Gasteiger partial charge is 0.480 e. The first-order valence-electron chi connectivity index (χ1n) is 7.49. The van der Waals surface area contributed by atoms with Gasteiger partial charge in [0.25, 0.3) is 5.91 Å². The summed E-state index contributed by atoms with van der Waals surface area (Å²) in [6.07, 6.45) is 3.75. The maximum Gasteiger partial charge on any atom is 0.329 e. The van der Waals surface area contributed by atoms with E-state index in [2.05, 4.69) is 5.32 Å². The second-order valence-electron chi connectivity index (χ2n) is 6.18. The molecule has 0 bridgehead atoms. The highest BCUT2D eigenvalue weighted by Gasteiger charge is 2.41. The zero-order valence-corrected chi connectivity index (χ0v) is 13.0. The van der Waals surface area contributed by atoms with Crippen molar-refractivity contribution in [1.82, 2.24) is 5.32 Å². The SMILES string of the molecule is Cc1cc(C)c(C(=O)NC2(C(=O)O)CCCCC2)c(C)c1. The summed E-state index contributed by atoms with van der Waals surface area (Å²) in [6.45, 7) is 5.77. The molecule has 1 aliphatic rings. The van der Waals surface area contributed by atoms with Crippen LogP contribution in [0.15, 0.2) is 12.1 Å². The Morgan fingerprint density at radius 2 is 1.57 bits per heavy atom. The monoisotopic (exact) mass is 289 g/mol. The van der Waals surface area contributed by atoms with E-state index in [0.717, 1.165) is 36.0 Å². The van der Waals surface area contributed by atoms with Gasteiger partial charge in [0.05, 0.1) is 0 Å². The average molecular weight is 289 g/mol. The van der Waals surface area contributed by atoms with Gasteiger partial charge in [-0.25, -0.2) is 4.79 Å². The summed E-state index contributed by atoms with van der Waals surface area (Å²) in [5.41, 5.74) is 2.39. The van der Waals surface area contributed by atoms with Gasteiger partial charge in [0, 0.05) is 5.56 Å². The van der Waals surface area contributed by atoms with Crippen molar-refractivity contribution in [3.8, 4) is 0 Å². The van der Waals surface area contributed by atoms with Crippen molar-refractivity contribution in [3.05, 3.63) is 34.4 Å². The number of carboxylic acid groups (broad SMARTS) is 1. The van der Waals surface area contributed by atoms with Gasteiger partial charge in [-0.1, -0.05) is 37.0 Å².